The van der Waals surface area contributed by atoms with Crippen LogP contribution in [0.2, 0.25) is 0 Å². The van der Waals surface area contributed by atoms with Crippen LogP contribution in [0.3, 0.4) is 0 Å². The van der Waals surface area contributed by atoms with E-state index in [9.17, 15) is 5.26 Å². The zero-order valence-corrected chi connectivity index (χ0v) is 14.6. The van der Waals surface area contributed by atoms with E-state index < -0.39 is 0 Å². The Balaban J connectivity index is 1.80. The van der Waals surface area contributed by atoms with Crippen LogP contribution < -0.4 is 0 Å². The molecule has 0 unspecified atom stereocenters. The molecule has 2 nitrogen and oxygen atoms in total. The van der Waals surface area contributed by atoms with E-state index >= 15 is 0 Å². The van der Waals surface area contributed by atoms with Crippen molar-refractivity contribution < 1.29 is 0 Å². The van der Waals surface area contributed by atoms with Crippen LogP contribution in [0.1, 0.15) is 21.9 Å². The van der Waals surface area contributed by atoms with Crippen molar-refractivity contribution in [2.45, 2.75) is 18.7 Å². The second-order valence-corrected chi connectivity index (χ2v) is 7.54. The molecule has 4 heteroatoms. The van der Waals surface area contributed by atoms with Crippen LogP contribution in [0.5, 0.6) is 0 Å². The number of nitrogens with zero attached hydrogens (tertiary/aromatic N) is 2. The molecule has 0 amide bonds. The fraction of sp³-hybridized carbons (Fsp3) is 0.263. The molecule has 23 heavy (non-hydrogen) atoms. The predicted octanol–water partition coefficient (Wildman–Crippen LogP) is 4.71. The maximum Gasteiger partial charge on any atom is 0.137 e. The summed E-state index contributed by atoms with van der Waals surface area (Å²) in [7, 11) is 0. The molecular formula is C19H18N2S2. The Kier molecular flexibility index (Phi) is 5.00. The summed E-state index contributed by atoms with van der Waals surface area (Å²) in [4.78, 5) is 2.15. The summed E-state index contributed by atoms with van der Waals surface area (Å²) in [5, 5.41) is 9.78. The van der Waals surface area contributed by atoms with Gasteiger partial charge in [0.05, 0.1) is 17.2 Å². The number of hydrogen-bond acceptors (Lipinski definition) is 3. The highest BCUT2D eigenvalue weighted by Gasteiger charge is 2.34. The van der Waals surface area contributed by atoms with Gasteiger partial charge in [0.25, 0.3) is 0 Å². The summed E-state index contributed by atoms with van der Waals surface area (Å²) in [6.07, 6.45) is 0. The summed E-state index contributed by atoms with van der Waals surface area (Å²) in [5.41, 5.74) is 3.68. The van der Waals surface area contributed by atoms with Crippen molar-refractivity contribution in [3.8, 4) is 6.07 Å². The second kappa shape index (κ2) is 7.16. The third kappa shape index (κ3) is 3.57. The first-order valence-electron chi connectivity index (χ1n) is 7.63. The Morgan fingerprint density at radius 1 is 1.17 bits per heavy atom. The van der Waals surface area contributed by atoms with Gasteiger partial charge in [-0.2, -0.15) is 5.26 Å². The molecule has 1 aliphatic rings. The zero-order valence-electron chi connectivity index (χ0n) is 13.0. The molecule has 1 saturated heterocycles. The van der Waals surface area contributed by atoms with Crippen LogP contribution in [0.25, 0.3) is 0 Å². The average Bonchev–Trinajstić information content (AvgIpc) is 2.58. The summed E-state index contributed by atoms with van der Waals surface area (Å²) >= 11 is 7.28. The Morgan fingerprint density at radius 3 is 2.57 bits per heavy atom. The fourth-order valence-electron chi connectivity index (χ4n) is 2.90. The lowest BCUT2D eigenvalue weighted by Crippen LogP contribution is -2.38. The van der Waals surface area contributed by atoms with Gasteiger partial charge in [0.15, 0.2) is 0 Å². The minimum Gasteiger partial charge on any atom is -0.352 e. The molecule has 0 spiro atoms. The van der Waals surface area contributed by atoms with Crippen LogP contribution in [0, 0.1) is 24.2 Å². The Bertz CT molecular complexity index is 737. The van der Waals surface area contributed by atoms with E-state index in [1.54, 1.807) is 11.8 Å². The largest absolute Gasteiger partial charge is 0.352 e. The van der Waals surface area contributed by atoms with Crippen LogP contribution in [-0.2, 0) is 6.54 Å². The van der Waals surface area contributed by atoms with Crippen molar-refractivity contribution in [2.75, 3.05) is 6.54 Å². The molecule has 0 radical (unpaired) electrons. The lowest BCUT2D eigenvalue weighted by Gasteiger charge is -2.37. The van der Waals surface area contributed by atoms with Crippen molar-refractivity contribution in [3.63, 3.8) is 0 Å². The van der Waals surface area contributed by atoms with Gasteiger partial charge in [0, 0.05) is 13.1 Å². The predicted molar refractivity (Wildman–Crippen MR) is 100 cm³/mol. The van der Waals surface area contributed by atoms with Gasteiger partial charge in [0.2, 0.25) is 0 Å². The van der Waals surface area contributed by atoms with Gasteiger partial charge >= 0.3 is 0 Å². The number of thioether (sulfide) groups is 1. The van der Waals surface area contributed by atoms with E-state index in [0.29, 0.717) is 6.54 Å². The molecule has 0 saturated carbocycles. The first-order valence-corrected chi connectivity index (χ1v) is 8.92. The van der Waals surface area contributed by atoms with Gasteiger partial charge in [-0.05, 0) is 23.6 Å². The number of rotatable bonds is 3. The normalized spacial score (nSPS) is 21.0. The van der Waals surface area contributed by atoms with Gasteiger partial charge in [-0.3, -0.25) is 0 Å². The maximum atomic E-state index is 9.65. The van der Waals surface area contributed by atoms with E-state index in [1.165, 1.54) is 16.7 Å². The monoisotopic (exact) mass is 338 g/mol. The number of hydrogen-bond donors (Lipinski definition) is 0. The van der Waals surface area contributed by atoms with Crippen molar-refractivity contribution in [1.29, 1.82) is 5.26 Å². The Hall–Kier alpha value is -1.83. The molecule has 0 aliphatic carbocycles. The van der Waals surface area contributed by atoms with Crippen molar-refractivity contribution in [2.24, 2.45) is 5.92 Å². The molecular weight excluding hydrogens is 320 g/mol. The van der Waals surface area contributed by atoms with Crippen molar-refractivity contribution in [3.05, 3.63) is 71.3 Å². The lowest BCUT2D eigenvalue weighted by molar-refractivity contribution is 0.367. The van der Waals surface area contributed by atoms with E-state index in [2.05, 4.69) is 42.2 Å². The molecule has 3 rings (SSSR count). The molecule has 1 heterocycles. The maximum absolute atomic E-state index is 9.65. The number of aryl methyl sites for hydroxylation is 1. The molecule has 116 valence electrons. The van der Waals surface area contributed by atoms with E-state index in [0.717, 1.165) is 10.9 Å². The van der Waals surface area contributed by atoms with Gasteiger partial charge in [-0.15, -0.1) is 0 Å². The molecule has 2 atom stereocenters. The number of nitriles is 1. The summed E-state index contributed by atoms with van der Waals surface area (Å²) in [6.45, 7) is 3.56. The third-order valence-electron chi connectivity index (χ3n) is 4.15. The first-order chi connectivity index (χ1) is 11.2. The SMILES string of the molecule is Cc1ccccc1[C@H]1SC(=S)N(Cc2ccccc2)C[C@H]1C#N. The fourth-order valence-corrected chi connectivity index (χ4v) is 4.56. The quantitative estimate of drug-likeness (QED) is 0.757. The van der Waals surface area contributed by atoms with Crippen molar-refractivity contribution >= 4 is 28.3 Å². The highest BCUT2D eigenvalue weighted by molar-refractivity contribution is 8.23. The molecule has 1 aliphatic heterocycles. The van der Waals surface area contributed by atoms with Gasteiger partial charge in [-0.1, -0.05) is 78.6 Å². The van der Waals surface area contributed by atoms with E-state index in [4.69, 9.17) is 12.2 Å². The minimum absolute atomic E-state index is 0.0588. The zero-order chi connectivity index (χ0) is 16.2. The minimum atomic E-state index is -0.0588. The highest BCUT2D eigenvalue weighted by atomic mass is 32.2. The lowest BCUT2D eigenvalue weighted by atomic mass is 9.95. The molecule has 2 aromatic rings. The molecule has 0 bridgehead atoms. The third-order valence-corrected chi connectivity index (χ3v) is 5.99. The molecule has 1 fully saturated rings. The van der Waals surface area contributed by atoms with Gasteiger partial charge in [0.1, 0.15) is 4.32 Å². The smallest absolute Gasteiger partial charge is 0.137 e. The summed E-state index contributed by atoms with van der Waals surface area (Å²) in [5.74, 6) is -0.0588. The molecule has 0 aromatic heterocycles. The highest BCUT2D eigenvalue weighted by Crippen LogP contribution is 2.43. The number of benzene rings is 2. The van der Waals surface area contributed by atoms with Crippen LogP contribution in [0.4, 0.5) is 0 Å². The first kappa shape index (κ1) is 16.0. The Labute approximate surface area is 147 Å². The standard InChI is InChI=1S/C19H18N2S2/c1-14-7-5-6-10-17(14)18-16(11-20)13-21(19(22)23-18)12-15-8-3-2-4-9-15/h2-10,16,18H,12-13H2,1H3/t16-,18+/m1/s1. The number of thiocarbonyl (C=S) groups is 1. The Morgan fingerprint density at radius 2 is 1.87 bits per heavy atom. The van der Waals surface area contributed by atoms with Crippen LogP contribution in [0.15, 0.2) is 54.6 Å². The average molecular weight is 339 g/mol. The van der Waals surface area contributed by atoms with E-state index in [1.807, 2.05) is 30.3 Å². The summed E-state index contributed by atoms with van der Waals surface area (Å²) < 4.78 is 0.883. The van der Waals surface area contributed by atoms with Gasteiger partial charge < -0.3 is 4.90 Å². The molecule has 0 N–H and O–H groups in total. The second-order valence-electron chi connectivity index (χ2n) is 5.76. The van der Waals surface area contributed by atoms with Crippen molar-refractivity contribution in [1.82, 2.24) is 4.90 Å². The molecule has 2 aromatic carbocycles. The topological polar surface area (TPSA) is 27.0 Å². The van der Waals surface area contributed by atoms with Crippen LogP contribution >= 0.6 is 24.0 Å². The summed E-state index contributed by atoms with van der Waals surface area (Å²) in [6, 6.07) is 21.1. The van der Waals surface area contributed by atoms with Gasteiger partial charge in [-0.25, -0.2) is 0 Å². The van der Waals surface area contributed by atoms with E-state index in [-0.39, 0.29) is 11.2 Å². The van der Waals surface area contributed by atoms with Crippen LogP contribution in [-0.4, -0.2) is 15.8 Å².